The van der Waals surface area contributed by atoms with Crippen LogP contribution in [0.1, 0.15) is 24.2 Å². The molecule has 1 aromatic rings. The first-order valence-corrected chi connectivity index (χ1v) is 7.04. The van der Waals surface area contributed by atoms with E-state index in [-0.39, 0.29) is 5.91 Å². The molecule has 0 radical (unpaired) electrons. The minimum atomic E-state index is -0.223. The molecule has 1 rings (SSSR count). The fourth-order valence-electron chi connectivity index (χ4n) is 1.88. The summed E-state index contributed by atoms with van der Waals surface area (Å²) in [6, 6.07) is 3.09. The average Bonchev–Trinajstić information content (AvgIpc) is 2.45. The SMILES string of the molecule is CCN(CC)CCNC(=O)c1cc(Cl)c(OC)cc1N. The fraction of sp³-hybridized carbons (Fsp3) is 0.500. The average molecular weight is 300 g/mol. The van der Waals surface area contributed by atoms with Gasteiger partial charge in [-0.3, -0.25) is 4.79 Å². The number of nitrogens with one attached hydrogen (secondary N) is 1. The van der Waals surface area contributed by atoms with Crippen molar-refractivity contribution < 1.29 is 9.53 Å². The van der Waals surface area contributed by atoms with Gasteiger partial charge in [-0.1, -0.05) is 25.4 Å². The van der Waals surface area contributed by atoms with E-state index in [9.17, 15) is 4.79 Å². The van der Waals surface area contributed by atoms with Crippen molar-refractivity contribution in [3.8, 4) is 5.75 Å². The van der Waals surface area contributed by atoms with Crippen LogP contribution in [0.2, 0.25) is 5.02 Å². The van der Waals surface area contributed by atoms with Crippen molar-refractivity contribution in [3.63, 3.8) is 0 Å². The quantitative estimate of drug-likeness (QED) is 0.756. The second-order valence-electron chi connectivity index (χ2n) is 4.36. The van der Waals surface area contributed by atoms with Crippen molar-refractivity contribution in [1.82, 2.24) is 10.2 Å². The summed E-state index contributed by atoms with van der Waals surface area (Å²) in [7, 11) is 1.50. The molecule has 6 heteroatoms. The predicted octanol–water partition coefficient (Wildman–Crippen LogP) is 2.00. The van der Waals surface area contributed by atoms with Gasteiger partial charge in [0.05, 0.1) is 17.7 Å². The number of anilines is 1. The molecule has 0 heterocycles. The molecule has 20 heavy (non-hydrogen) atoms. The van der Waals surface area contributed by atoms with E-state index in [1.807, 2.05) is 0 Å². The number of nitrogens with zero attached hydrogens (tertiary/aromatic N) is 1. The molecule has 1 aromatic carbocycles. The van der Waals surface area contributed by atoms with Crippen LogP contribution in [-0.4, -0.2) is 44.1 Å². The van der Waals surface area contributed by atoms with Crippen molar-refractivity contribution in [1.29, 1.82) is 0 Å². The Labute approximate surface area is 125 Å². The monoisotopic (exact) mass is 299 g/mol. The van der Waals surface area contributed by atoms with E-state index in [4.69, 9.17) is 22.1 Å². The molecule has 0 bridgehead atoms. The van der Waals surface area contributed by atoms with Gasteiger partial charge in [0, 0.05) is 24.8 Å². The van der Waals surface area contributed by atoms with E-state index in [2.05, 4.69) is 24.1 Å². The summed E-state index contributed by atoms with van der Waals surface area (Å²) in [6.45, 7) is 7.48. The number of nitrogen functional groups attached to an aromatic ring is 1. The number of nitrogens with two attached hydrogens (primary N) is 1. The van der Waals surface area contributed by atoms with Gasteiger partial charge in [-0.2, -0.15) is 0 Å². The zero-order chi connectivity index (χ0) is 15.1. The third-order valence-corrected chi connectivity index (χ3v) is 3.47. The van der Waals surface area contributed by atoms with E-state index in [1.54, 1.807) is 6.07 Å². The maximum absolute atomic E-state index is 12.1. The minimum absolute atomic E-state index is 0.223. The zero-order valence-corrected chi connectivity index (χ0v) is 13.0. The Morgan fingerprint density at radius 1 is 1.40 bits per heavy atom. The number of rotatable bonds is 7. The van der Waals surface area contributed by atoms with Crippen molar-refractivity contribution >= 4 is 23.2 Å². The Hall–Kier alpha value is -1.46. The fourth-order valence-corrected chi connectivity index (χ4v) is 2.13. The van der Waals surface area contributed by atoms with Gasteiger partial charge in [0.25, 0.3) is 5.91 Å². The highest BCUT2D eigenvalue weighted by Crippen LogP contribution is 2.29. The number of amides is 1. The van der Waals surface area contributed by atoms with Crippen LogP contribution in [-0.2, 0) is 0 Å². The maximum atomic E-state index is 12.1. The highest BCUT2D eigenvalue weighted by atomic mass is 35.5. The molecule has 1 amide bonds. The standard InChI is InChI=1S/C14H22ClN3O2/c1-4-18(5-2)7-6-17-14(19)10-8-11(15)13(20-3)9-12(10)16/h8-9H,4-7,16H2,1-3H3,(H,17,19). The lowest BCUT2D eigenvalue weighted by atomic mass is 10.1. The number of halogens is 1. The molecule has 0 aliphatic carbocycles. The van der Waals surface area contributed by atoms with Crippen LogP contribution in [0.3, 0.4) is 0 Å². The highest BCUT2D eigenvalue weighted by molar-refractivity contribution is 6.32. The lowest BCUT2D eigenvalue weighted by Crippen LogP contribution is -2.35. The van der Waals surface area contributed by atoms with Gasteiger partial charge < -0.3 is 20.7 Å². The molecule has 0 aromatic heterocycles. The molecule has 0 saturated carbocycles. The Bertz CT molecular complexity index is 462. The Balaban J connectivity index is 2.66. The van der Waals surface area contributed by atoms with Crippen LogP contribution in [0.4, 0.5) is 5.69 Å². The van der Waals surface area contributed by atoms with Crippen molar-refractivity contribution in [2.75, 3.05) is 39.0 Å². The summed E-state index contributed by atoms with van der Waals surface area (Å²) in [5.41, 5.74) is 6.56. The largest absolute Gasteiger partial charge is 0.495 e. The molecule has 0 atom stereocenters. The van der Waals surface area contributed by atoms with E-state index in [1.165, 1.54) is 13.2 Å². The second kappa shape index (κ2) is 7.97. The molecule has 3 N–H and O–H groups in total. The third-order valence-electron chi connectivity index (χ3n) is 3.18. The number of likely N-dealkylation sites (N-methyl/N-ethyl adjacent to an activating group) is 1. The molecule has 0 spiro atoms. The Kier molecular flexibility index (Phi) is 6.61. The van der Waals surface area contributed by atoms with Crippen molar-refractivity contribution in [2.24, 2.45) is 0 Å². The first-order valence-electron chi connectivity index (χ1n) is 6.67. The van der Waals surface area contributed by atoms with Gasteiger partial charge in [0.15, 0.2) is 0 Å². The van der Waals surface area contributed by atoms with Gasteiger partial charge in [0.1, 0.15) is 5.75 Å². The summed E-state index contributed by atoms with van der Waals surface area (Å²) in [5, 5.41) is 3.21. The third kappa shape index (κ3) is 4.28. The van der Waals surface area contributed by atoms with Gasteiger partial charge in [-0.15, -0.1) is 0 Å². The van der Waals surface area contributed by atoms with Crippen LogP contribution in [0.25, 0.3) is 0 Å². The molecule has 0 aliphatic rings. The lowest BCUT2D eigenvalue weighted by Gasteiger charge is -2.18. The van der Waals surface area contributed by atoms with E-state index in [0.717, 1.165) is 19.6 Å². The van der Waals surface area contributed by atoms with Crippen LogP contribution < -0.4 is 15.8 Å². The normalized spacial score (nSPS) is 10.7. The van der Waals surface area contributed by atoms with Crippen molar-refractivity contribution in [3.05, 3.63) is 22.7 Å². The Morgan fingerprint density at radius 3 is 2.60 bits per heavy atom. The highest BCUT2D eigenvalue weighted by Gasteiger charge is 2.13. The number of carbonyl (C=O) groups excluding carboxylic acids is 1. The molecule has 0 fully saturated rings. The summed E-state index contributed by atoms with van der Waals surface area (Å²) in [4.78, 5) is 14.3. The minimum Gasteiger partial charge on any atom is -0.495 e. The lowest BCUT2D eigenvalue weighted by molar-refractivity contribution is 0.0950. The summed E-state index contributed by atoms with van der Waals surface area (Å²) >= 11 is 6.01. The number of ether oxygens (including phenoxy) is 1. The number of hydrogen-bond acceptors (Lipinski definition) is 4. The van der Waals surface area contributed by atoms with Gasteiger partial charge >= 0.3 is 0 Å². The van der Waals surface area contributed by atoms with Crippen LogP contribution in [0.5, 0.6) is 5.75 Å². The zero-order valence-electron chi connectivity index (χ0n) is 12.2. The molecule has 5 nitrogen and oxygen atoms in total. The topological polar surface area (TPSA) is 67.6 Å². The molecule has 112 valence electrons. The van der Waals surface area contributed by atoms with Gasteiger partial charge in [-0.05, 0) is 19.2 Å². The van der Waals surface area contributed by atoms with Gasteiger partial charge in [0.2, 0.25) is 0 Å². The van der Waals surface area contributed by atoms with E-state index >= 15 is 0 Å². The maximum Gasteiger partial charge on any atom is 0.253 e. The van der Waals surface area contributed by atoms with Crippen molar-refractivity contribution in [2.45, 2.75) is 13.8 Å². The van der Waals surface area contributed by atoms with Crippen LogP contribution in [0.15, 0.2) is 12.1 Å². The molecular weight excluding hydrogens is 278 g/mol. The summed E-state index contributed by atoms with van der Waals surface area (Å²) in [5.74, 6) is 0.239. The second-order valence-corrected chi connectivity index (χ2v) is 4.76. The first-order chi connectivity index (χ1) is 9.53. The molecule has 0 unspecified atom stereocenters. The molecule has 0 aliphatic heterocycles. The molecular formula is C14H22ClN3O2. The van der Waals surface area contributed by atoms with Crippen LogP contribution >= 0.6 is 11.6 Å². The predicted molar refractivity (Wildman–Crippen MR) is 82.5 cm³/mol. The summed E-state index contributed by atoms with van der Waals surface area (Å²) < 4.78 is 5.05. The number of benzene rings is 1. The number of methoxy groups -OCH3 is 1. The van der Waals surface area contributed by atoms with Crippen LogP contribution in [0, 0.1) is 0 Å². The first kappa shape index (κ1) is 16.6. The number of hydrogen-bond donors (Lipinski definition) is 2. The molecule has 0 saturated heterocycles. The van der Waals surface area contributed by atoms with E-state index < -0.39 is 0 Å². The summed E-state index contributed by atoms with van der Waals surface area (Å²) in [6.07, 6.45) is 0. The van der Waals surface area contributed by atoms with Gasteiger partial charge in [-0.25, -0.2) is 0 Å². The van der Waals surface area contributed by atoms with E-state index in [0.29, 0.717) is 28.6 Å². The number of carbonyl (C=O) groups is 1. The smallest absolute Gasteiger partial charge is 0.253 e. The Morgan fingerprint density at radius 2 is 2.05 bits per heavy atom.